The Labute approximate surface area is 181 Å². The zero-order valence-electron chi connectivity index (χ0n) is 17.3. The van der Waals surface area contributed by atoms with Crippen LogP contribution >= 0.6 is 0 Å². The molecule has 3 aromatic carbocycles. The van der Waals surface area contributed by atoms with Gasteiger partial charge >= 0.3 is 0 Å². The maximum absolute atomic E-state index is 12.7. The van der Waals surface area contributed by atoms with Crippen molar-refractivity contribution in [3.8, 4) is 23.0 Å². The Hall–Kier alpha value is -3.65. The van der Waals surface area contributed by atoms with E-state index in [1.54, 1.807) is 36.4 Å². The lowest BCUT2D eigenvalue weighted by Crippen LogP contribution is -2.13. The first-order chi connectivity index (χ1) is 14.9. The molecule has 0 saturated carbocycles. The van der Waals surface area contributed by atoms with Crippen molar-refractivity contribution in [2.75, 3.05) is 26.1 Å². The molecule has 0 radical (unpaired) electrons. The van der Waals surface area contributed by atoms with Gasteiger partial charge in [-0.3, -0.25) is 4.72 Å². The molecule has 3 rings (SSSR count). The number of sulfonamides is 1. The second kappa shape index (κ2) is 9.44. The lowest BCUT2D eigenvalue weighted by atomic mass is 10.1. The van der Waals surface area contributed by atoms with Gasteiger partial charge in [0.2, 0.25) is 5.75 Å². The number of phenols is 1. The van der Waals surface area contributed by atoms with Crippen molar-refractivity contribution in [3.05, 3.63) is 71.8 Å². The molecule has 7 nitrogen and oxygen atoms in total. The highest BCUT2D eigenvalue weighted by Gasteiger charge is 2.16. The van der Waals surface area contributed by atoms with E-state index < -0.39 is 10.0 Å². The SMILES string of the molecule is COc1cc(/C=C\c2ccccc2NS(=O)(=O)c2ccc(O)cc2)cc(OC)c1OC. The van der Waals surface area contributed by atoms with Gasteiger partial charge in [0.25, 0.3) is 10.0 Å². The molecule has 0 fully saturated rings. The summed E-state index contributed by atoms with van der Waals surface area (Å²) in [6.45, 7) is 0. The Morgan fingerprint density at radius 3 is 2.03 bits per heavy atom. The normalized spacial score (nSPS) is 11.3. The molecule has 0 spiro atoms. The second-order valence-electron chi connectivity index (χ2n) is 6.48. The highest BCUT2D eigenvalue weighted by atomic mass is 32.2. The van der Waals surface area contributed by atoms with Crippen LogP contribution < -0.4 is 18.9 Å². The first kappa shape index (κ1) is 22.0. The molecular weight excluding hydrogens is 418 g/mol. The fraction of sp³-hybridized carbons (Fsp3) is 0.130. The molecule has 2 N–H and O–H groups in total. The van der Waals surface area contributed by atoms with E-state index in [4.69, 9.17) is 14.2 Å². The summed E-state index contributed by atoms with van der Waals surface area (Å²) in [4.78, 5) is 0.0497. The quantitative estimate of drug-likeness (QED) is 0.504. The van der Waals surface area contributed by atoms with Crippen LogP contribution in [0.1, 0.15) is 11.1 Å². The van der Waals surface area contributed by atoms with Crippen molar-refractivity contribution in [3.63, 3.8) is 0 Å². The third-order valence-electron chi connectivity index (χ3n) is 4.49. The Balaban J connectivity index is 1.92. The molecule has 3 aromatic rings. The third kappa shape index (κ3) is 5.10. The number of rotatable bonds is 8. The van der Waals surface area contributed by atoms with Crippen LogP contribution in [0.15, 0.2) is 65.6 Å². The predicted octanol–water partition coefficient (Wildman–Crippen LogP) is 4.39. The summed E-state index contributed by atoms with van der Waals surface area (Å²) in [6.07, 6.45) is 3.60. The van der Waals surface area contributed by atoms with Crippen LogP contribution in [-0.2, 0) is 10.0 Å². The van der Waals surface area contributed by atoms with Gasteiger partial charge in [0.05, 0.1) is 31.9 Å². The summed E-state index contributed by atoms with van der Waals surface area (Å²) in [5, 5.41) is 9.39. The van der Waals surface area contributed by atoms with Gasteiger partial charge in [0.1, 0.15) is 5.75 Å². The average molecular weight is 442 g/mol. The van der Waals surface area contributed by atoms with E-state index in [-0.39, 0.29) is 10.6 Å². The number of methoxy groups -OCH3 is 3. The van der Waals surface area contributed by atoms with Crippen LogP contribution in [-0.4, -0.2) is 34.9 Å². The summed E-state index contributed by atoms with van der Waals surface area (Å²) in [7, 11) is 0.796. The van der Waals surface area contributed by atoms with Crippen LogP contribution in [0.25, 0.3) is 12.2 Å². The fourth-order valence-electron chi connectivity index (χ4n) is 2.95. The molecular formula is C23H23NO6S. The Morgan fingerprint density at radius 1 is 0.839 bits per heavy atom. The van der Waals surface area contributed by atoms with Crippen molar-refractivity contribution < 1.29 is 27.7 Å². The lowest BCUT2D eigenvalue weighted by Gasteiger charge is -2.13. The zero-order chi connectivity index (χ0) is 22.4. The number of hydrogen-bond acceptors (Lipinski definition) is 6. The van der Waals surface area contributed by atoms with Crippen molar-refractivity contribution in [2.24, 2.45) is 0 Å². The maximum Gasteiger partial charge on any atom is 0.261 e. The molecule has 0 aliphatic heterocycles. The van der Waals surface area contributed by atoms with E-state index in [1.807, 2.05) is 12.1 Å². The number of ether oxygens (including phenoxy) is 3. The molecule has 0 aliphatic carbocycles. The van der Waals surface area contributed by atoms with E-state index >= 15 is 0 Å². The van der Waals surface area contributed by atoms with Crippen molar-refractivity contribution in [1.29, 1.82) is 0 Å². The van der Waals surface area contributed by atoms with E-state index in [2.05, 4.69) is 4.72 Å². The van der Waals surface area contributed by atoms with Gasteiger partial charge in [-0.1, -0.05) is 30.4 Å². The highest BCUT2D eigenvalue weighted by Crippen LogP contribution is 2.38. The number of para-hydroxylation sites is 1. The number of anilines is 1. The smallest absolute Gasteiger partial charge is 0.261 e. The molecule has 162 valence electrons. The molecule has 0 heterocycles. The minimum absolute atomic E-state index is 0.00682. The summed E-state index contributed by atoms with van der Waals surface area (Å²) < 4.78 is 44.1. The zero-order valence-corrected chi connectivity index (χ0v) is 18.1. The first-order valence-electron chi connectivity index (χ1n) is 9.27. The number of nitrogens with one attached hydrogen (secondary N) is 1. The molecule has 0 atom stereocenters. The molecule has 0 unspecified atom stereocenters. The molecule has 0 aromatic heterocycles. The minimum Gasteiger partial charge on any atom is -0.508 e. The lowest BCUT2D eigenvalue weighted by molar-refractivity contribution is 0.324. The van der Waals surface area contributed by atoms with Crippen LogP contribution in [0.2, 0.25) is 0 Å². The van der Waals surface area contributed by atoms with Gasteiger partial charge in [0, 0.05) is 0 Å². The predicted molar refractivity (Wildman–Crippen MR) is 120 cm³/mol. The largest absolute Gasteiger partial charge is 0.508 e. The second-order valence-corrected chi connectivity index (χ2v) is 8.16. The van der Waals surface area contributed by atoms with Gasteiger partial charge in [0.15, 0.2) is 11.5 Å². The van der Waals surface area contributed by atoms with Crippen molar-refractivity contribution >= 4 is 27.9 Å². The van der Waals surface area contributed by atoms with Crippen LogP contribution in [0.3, 0.4) is 0 Å². The van der Waals surface area contributed by atoms with Crippen LogP contribution in [0.5, 0.6) is 23.0 Å². The molecule has 8 heteroatoms. The summed E-state index contributed by atoms with van der Waals surface area (Å²) in [6, 6.07) is 15.9. The van der Waals surface area contributed by atoms with Crippen molar-refractivity contribution in [1.82, 2.24) is 0 Å². The van der Waals surface area contributed by atoms with E-state index in [0.717, 1.165) is 5.56 Å². The molecule has 0 amide bonds. The molecule has 0 saturated heterocycles. The summed E-state index contributed by atoms with van der Waals surface area (Å²) in [5.41, 5.74) is 1.86. The van der Waals surface area contributed by atoms with Crippen molar-refractivity contribution in [2.45, 2.75) is 4.90 Å². The number of phenolic OH excluding ortho intramolecular Hbond substituents is 1. The molecule has 31 heavy (non-hydrogen) atoms. The Kier molecular flexibility index (Phi) is 6.71. The van der Waals surface area contributed by atoms with Crippen LogP contribution in [0.4, 0.5) is 5.69 Å². The fourth-order valence-corrected chi connectivity index (χ4v) is 4.04. The number of benzene rings is 3. The highest BCUT2D eigenvalue weighted by molar-refractivity contribution is 7.92. The Morgan fingerprint density at radius 2 is 1.45 bits per heavy atom. The molecule has 0 bridgehead atoms. The maximum atomic E-state index is 12.7. The van der Waals surface area contributed by atoms with Crippen LogP contribution in [0, 0.1) is 0 Å². The third-order valence-corrected chi connectivity index (χ3v) is 5.88. The summed E-state index contributed by atoms with van der Waals surface area (Å²) >= 11 is 0. The number of aromatic hydroxyl groups is 1. The topological polar surface area (TPSA) is 94.1 Å². The van der Waals surface area contributed by atoms with Gasteiger partial charge in [-0.2, -0.15) is 0 Å². The van der Waals surface area contributed by atoms with E-state index in [0.29, 0.717) is 28.5 Å². The average Bonchev–Trinajstić information content (AvgIpc) is 2.77. The van der Waals surface area contributed by atoms with E-state index in [9.17, 15) is 13.5 Å². The van der Waals surface area contributed by atoms with Gasteiger partial charge < -0.3 is 19.3 Å². The monoisotopic (exact) mass is 441 g/mol. The minimum atomic E-state index is -3.82. The van der Waals surface area contributed by atoms with Gasteiger partial charge in [-0.05, 0) is 53.6 Å². The first-order valence-corrected chi connectivity index (χ1v) is 10.7. The Bertz CT molecular complexity index is 1160. The summed E-state index contributed by atoms with van der Waals surface area (Å²) in [5.74, 6) is 1.52. The van der Waals surface area contributed by atoms with E-state index in [1.165, 1.54) is 45.6 Å². The van der Waals surface area contributed by atoms with Gasteiger partial charge in [-0.15, -0.1) is 0 Å². The standard InChI is InChI=1S/C23H23NO6S/c1-28-21-14-16(15-22(29-2)23(21)30-3)8-9-17-6-4-5-7-20(17)24-31(26,27)19-12-10-18(25)11-13-19/h4-15,24-25H,1-3H3/b9-8-. The van der Waals surface area contributed by atoms with Gasteiger partial charge in [-0.25, -0.2) is 8.42 Å². The molecule has 0 aliphatic rings. The number of hydrogen-bond donors (Lipinski definition) is 2.